The summed E-state index contributed by atoms with van der Waals surface area (Å²) < 4.78 is 19.2. The van der Waals surface area contributed by atoms with Crippen LogP contribution in [0.5, 0.6) is 0 Å². The summed E-state index contributed by atoms with van der Waals surface area (Å²) >= 11 is 0. The van der Waals surface area contributed by atoms with Crippen LogP contribution in [-0.2, 0) is 18.6 Å². The molecule has 1 atom stereocenters. The van der Waals surface area contributed by atoms with Gasteiger partial charge in [0.1, 0.15) is 0 Å². The Morgan fingerprint density at radius 3 is 2.50 bits per heavy atom. The first-order chi connectivity index (χ1) is 5.37. The van der Waals surface area contributed by atoms with Crippen LogP contribution in [0.4, 0.5) is 0 Å². The van der Waals surface area contributed by atoms with Gasteiger partial charge >= 0.3 is 14.2 Å². The molecule has 0 aliphatic carbocycles. The van der Waals surface area contributed by atoms with Gasteiger partial charge in [-0.1, -0.05) is 6.58 Å². The van der Waals surface area contributed by atoms with Crippen LogP contribution in [0.3, 0.4) is 0 Å². The van der Waals surface area contributed by atoms with Crippen LogP contribution in [-0.4, -0.2) is 16.6 Å². The molecule has 0 aromatic carbocycles. The molecule has 0 radical (unpaired) electrons. The maximum Gasteiger partial charge on any atom is 0.332 e. The molecule has 0 heterocycles. The molecule has 0 aromatic heterocycles. The van der Waals surface area contributed by atoms with E-state index in [-0.39, 0.29) is 0 Å². The molecule has 6 heteroatoms. The van der Waals surface area contributed by atoms with E-state index in [0.29, 0.717) is 0 Å². The molecule has 0 rings (SSSR count). The van der Waals surface area contributed by atoms with Crippen molar-refractivity contribution >= 4 is 14.2 Å². The minimum atomic E-state index is -3.11. The maximum atomic E-state index is 10.6. The lowest BCUT2D eigenvalue weighted by Crippen LogP contribution is -2.28. The zero-order valence-corrected chi connectivity index (χ0v) is 7.86. The first kappa shape index (κ1) is 11.4. The van der Waals surface area contributed by atoms with Crippen LogP contribution in [0.1, 0.15) is 13.8 Å². The number of carbonyl (C=O) groups excluding carboxylic acids is 1. The summed E-state index contributed by atoms with van der Waals surface area (Å²) in [6, 6.07) is 0. The Hall–Kier alpha value is -0.640. The molecular weight excluding hydrogens is 183 g/mol. The third-order valence-corrected chi connectivity index (χ3v) is 1.51. The van der Waals surface area contributed by atoms with Crippen LogP contribution < -0.4 is 0 Å². The van der Waals surface area contributed by atoms with Crippen molar-refractivity contribution in [1.82, 2.24) is 0 Å². The largest absolute Gasteiger partial charge is 0.430 e. The first-order valence-corrected chi connectivity index (χ1v) is 4.41. The van der Waals surface area contributed by atoms with Gasteiger partial charge in [0.25, 0.3) is 0 Å². The fraction of sp³-hybridized carbons (Fsp3) is 0.500. The van der Waals surface area contributed by atoms with Gasteiger partial charge in [0, 0.05) is 19.9 Å². The zero-order valence-electron chi connectivity index (χ0n) is 6.86. The van der Waals surface area contributed by atoms with Gasteiger partial charge in [-0.15, -0.1) is 0 Å². The van der Waals surface area contributed by atoms with E-state index in [0.717, 1.165) is 6.08 Å². The smallest absolute Gasteiger partial charge is 0.332 e. The quantitative estimate of drug-likeness (QED) is 0.311. The second kappa shape index (κ2) is 4.40. The highest BCUT2D eigenvalue weighted by Gasteiger charge is 2.24. The van der Waals surface area contributed by atoms with Crippen LogP contribution >= 0.6 is 8.25 Å². The molecular formula is C6H11O5P. The molecule has 0 spiro atoms. The Morgan fingerprint density at radius 1 is 1.67 bits per heavy atom. The number of carbonyl (C=O) groups is 1. The number of hydrogen-bond donors (Lipinski definition) is 1. The van der Waals surface area contributed by atoms with E-state index in [1.165, 1.54) is 13.8 Å². The number of hydrogen-bond acceptors (Lipinski definition) is 4. The third kappa shape index (κ3) is 5.07. The maximum absolute atomic E-state index is 10.6. The predicted molar refractivity (Wildman–Crippen MR) is 42.7 cm³/mol. The molecule has 70 valence electrons. The van der Waals surface area contributed by atoms with E-state index in [9.17, 15) is 9.36 Å². The van der Waals surface area contributed by atoms with Crippen molar-refractivity contribution < 1.29 is 23.5 Å². The zero-order chi connectivity index (χ0) is 9.78. The Labute approximate surface area is 70.9 Å². The first-order valence-electron chi connectivity index (χ1n) is 3.15. The van der Waals surface area contributed by atoms with Crippen LogP contribution in [0.25, 0.3) is 0 Å². The van der Waals surface area contributed by atoms with Gasteiger partial charge in [-0.05, 0) is 0 Å². The van der Waals surface area contributed by atoms with Crippen molar-refractivity contribution in [2.75, 3.05) is 0 Å². The second-order valence-electron chi connectivity index (χ2n) is 2.39. The van der Waals surface area contributed by atoms with Crippen LogP contribution in [0, 0.1) is 0 Å². The third-order valence-electron chi connectivity index (χ3n) is 0.846. The number of rotatable bonds is 4. The van der Waals surface area contributed by atoms with Gasteiger partial charge in [0.15, 0.2) is 0 Å². The SMILES string of the molecule is C=CC(=O)OC(C)(C)O[PH](=O)O. The van der Waals surface area contributed by atoms with Gasteiger partial charge in [0.05, 0.1) is 0 Å². The molecule has 0 amide bonds. The van der Waals surface area contributed by atoms with Gasteiger partial charge in [0.2, 0.25) is 5.79 Å². The molecule has 0 fully saturated rings. The van der Waals surface area contributed by atoms with Crippen LogP contribution in [0.15, 0.2) is 12.7 Å². The molecule has 0 saturated heterocycles. The molecule has 0 aromatic rings. The average Bonchev–Trinajstić information content (AvgIpc) is 1.83. The Balaban J connectivity index is 4.11. The van der Waals surface area contributed by atoms with E-state index in [2.05, 4.69) is 15.8 Å². The molecule has 0 bridgehead atoms. The second-order valence-corrected chi connectivity index (χ2v) is 3.13. The fourth-order valence-corrected chi connectivity index (χ4v) is 0.977. The van der Waals surface area contributed by atoms with E-state index >= 15 is 0 Å². The van der Waals surface area contributed by atoms with Gasteiger partial charge in [-0.3, -0.25) is 9.09 Å². The molecule has 1 N–H and O–H groups in total. The molecule has 0 saturated carbocycles. The molecule has 0 aliphatic rings. The minimum absolute atomic E-state index is 0.705. The van der Waals surface area contributed by atoms with Crippen molar-refractivity contribution in [3.05, 3.63) is 12.7 Å². The summed E-state index contributed by atoms with van der Waals surface area (Å²) in [5, 5.41) is 0. The monoisotopic (exact) mass is 194 g/mol. The lowest BCUT2D eigenvalue weighted by atomic mass is 10.4. The predicted octanol–water partition coefficient (Wildman–Crippen LogP) is 0.850. The Kier molecular flexibility index (Phi) is 4.17. The van der Waals surface area contributed by atoms with Gasteiger partial charge in [-0.2, -0.15) is 0 Å². The topological polar surface area (TPSA) is 72.8 Å². The normalized spacial score (nSPS) is 13.6. The fourth-order valence-electron chi connectivity index (χ4n) is 0.515. The number of ether oxygens (including phenoxy) is 1. The number of esters is 1. The summed E-state index contributed by atoms with van der Waals surface area (Å²) in [6.45, 7) is 5.87. The van der Waals surface area contributed by atoms with Gasteiger partial charge in [-0.25, -0.2) is 4.79 Å². The van der Waals surface area contributed by atoms with Crippen molar-refractivity contribution in [3.63, 3.8) is 0 Å². The summed E-state index contributed by atoms with van der Waals surface area (Å²) in [6.07, 6.45) is 0.944. The summed E-state index contributed by atoms with van der Waals surface area (Å²) in [4.78, 5) is 19.0. The highest BCUT2D eigenvalue weighted by Crippen LogP contribution is 2.26. The molecule has 5 nitrogen and oxygen atoms in total. The molecule has 12 heavy (non-hydrogen) atoms. The molecule has 0 aliphatic heterocycles. The van der Waals surface area contributed by atoms with Crippen molar-refractivity contribution in [1.29, 1.82) is 0 Å². The van der Waals surface area contributed by atoms with E-state index in [1.54, 1.807) is 0 Å². The van der Waals surface area contributed by atoms with E-state index < -0.39 is 20.0 Å². The summed E-state index contributed by atoms with van der Waals surface area (Å²) in [7, 11) is -3.11. The van der Waals surface area contributed by atoms with Crippen molar-refractivity contribution in [3.8, 4) is 0 Å². The summed E-state index contributed by atoms with van der Waals surface area (Å²) in [5.41, 5.74) is 0. The minimum Gasteiger partial charge on any atom is -0.430 e. The Morgan fingerprint density at radius 2 is 2.17 bits per heavy atom. The molecule has 1 unspecified atom stereocenters. The average molecular weight is 194 g/mol. The lowest BCUT2D eigenvalue weighted by Gasteiger charge is -2.22. The van der Waals surface area contributed by atoms with Gasteiger partial charge < -0.3 is 9.63 Å². The standard InChI is InChI=1S/C6H11O5P/c1-4-5(7)10-6(2,3)11-12(8)9/h4,12H,1H2,2-3H3,(H,8,9). The highest BCUT2D eigenvalue weighted by molar-refractivity contribution is 7.32. The van der Waals surface area contributed by atoms with Crippen molar-refractivity contribution in [2.24, 2.45) is 0 Å². The van der Waals surface area contributed by atoms with E-state index in [4.69, 9.17) is 4.89 Å². The van der Waals surface area contributed by atoms with Crippen LogP contribution in [0.2, 0.25) is 0 Å². The lowest BCUT2D eigenvalue weighted by molar-refractivity contribution is -0.180. The summed E-state index contributed by atoms with van der Waals surface area (Å²) in [5.74, 6) is -2.10. The van der Waals surface area contributed by atoms with E-state index in [1.807, 2.05) is 0 Å². The Bertz CT molecular complexity index is 210. The van der Waals surface area contributed by atoms with Crippen molar-refractivity contribution in [2.45, 2.75) is 19.6 Å². The highest BCUT2D eigenvalue weighted by atomic mass is 31.1.